The van der Waals surface area contributed by atoms with Crippen LogP contribution in [0.25, 0.3) is 12.2 Å². The number of rotatable bonds is 6. The van der Waals surface area contributed by atoms with E-state index in [4.69, 9.17) is 0 Å². The molecule has 0 saturated carbocycles. The molecule has 2 aromatic rings. The molecule has 0 atom stereocenters. The van der Waals surface area contributed by atoms with E-state index in [-0.39, 0.29) is 32.3 Å². The van der Waals surface area contributed by atoms with Crippen LogP contribution in [0, 0.1) is 0 Å². The first-order valence-corrected chi connectivity index (χ1v) is 7.41. The third-order valence-corrected chi connectivity index (χ3v) is 2.79. The van der Waals surface area contributed by atoms with Crippen molar-refractivity contribution in [3.63, 3.8) is 0 Å². The van der Waals surface area contributed by atoms with Crippen LogP contribution >= 0.6 is 0 Å². The molecule has 0 aliphatic rings. The maximum atomic E-state index is 10.0. The summed E-state index contributed by atoms with van der Waals surface area (Å²) < 4.78 is 0. The van der Waals surface area contributed by atoms with Gasteiger partial charge in [0, 0.05) is 24.8 Å². The molecule has 0 bridgehead atoms. The van der Waals surface area contributed by atoms with Gasteiger partial charge in [0.2, 0.25) is 0 Å². The molecule has 0 saturated heterocycles. The van der Waals surface area contributed by atoms with Gasteiger partial charge in [0.1, 0.15) is 0 Å². The van der Waals surface area contributed by atoms with Crippen LogP contribution in [0.5, 0.6) is 0 Å². The van der Waals surface area contributed by atoms with Gasteiger partial charge in [-0.25, -0.2) is 0 Å². The molecule has 5 heteroatoms. The van der Waals surface area contributed by atoms with Crippen molar-refractivity contribution in [2.45, 2.75) is 12.8 Å². The van der Waals surface area contributed by atoms with E-state index in [2.05, 4.69) is 0 Å². The number of aliphatic carboxylic acids is 2. The van der Waals surface area contributed by atoms with Crippen LogP contribution < -0.4 is 10.2 Å². The zero-order valence-corrected chi connectivity index (χ0v) is 16.8. The summed E-state index contributed by atoms with van der Waals surface area (Å²) in [4.78, 5) is 20.1. The first-order valence-electron chi connectivity index (χ1n) is 7.41. The first-order chi connectivity index (χ1) is 11.6. The Morgan fingerprint density at radius 3 is 1.28 bits per heavy atom. The number of carboxylic acids is 2. The summed E-state index contributed by atoms with van der Waals surface area (Å²) in [5, 5.41) is 20.1. The number of benzene rings is 2. The van der Waals surface area contributed by atoms with Crippen LogP contribution in [0.1, 0.15) is 24.0 Å². The van der Waals surface area contributed by atoms with Gasteiger partial charge in [-0.1, -0.05) is 85.0 Å². The summed E-state index contributed by atoms with van der Waals surface area (Å²) in [5.41, 5.74) is 2.00. The molecule has 0 unspecified atom stereocenters. The topological polar surface area (TPSA) is 80.3 Å². The third-order valence-electron chi connectivity index (χ3n) is 2.79. The summed E-state index contributed by atoms with van der Waals surface area (Å²) in [7, 11) is 0. The second kappa shape index (κ2) is 13.9. The van der Waals surface area contributed by atoms with E-state index >= 15 is 0 Å². The third kappa shape index (κ3) is 12.6. The van der Waals surface area contributed by atoms with Crippen molar-refractivity contribution in [2.75, 3.05) is 0 Å². The molecule has 0 spiro atoms. The minimum absolute atomic E-state index is 0. The fraction of sp³-hybridized carbons (Fsp3) is 0.100. The molecule has 0 N–H and O–H groups in total. The van der Waals surface area contributed by atoms with Gasteiger partial charge in [-0.05, 0) is 11.1 Å². The first kappa shape index (κ1) is 22.5. The number of hydrogen-bond donors (Lipinski definition) is 0. The summed E-state index contributed by atoms with van der Waals surface area (Å²) in [6.45, 7) is 0. The monoisotopic (exact) mass is 386 g/mol. The van der Waals surface area contributed by atoms with Gasteiger partial charge in [-0.15, -0.1) is 0 Å². The molecule has 25 heavy (non-hydrogen) atoms. The Labute approximate surface area is 160 Å². The van der Waals surface area contributed by atoms with Crippen LogP contribution in [-0.4, -0.2) is 11.9 Å². The van der Waals surface area contributed by atoms with Crippen molar-refractivity contribution in [1.82, 2.24) is 0 Å². The normalized spacial score (nSPS) is 9.92. The van der Waals surface area contributed by atoms with E-state index in [1.54, 1.807) is 24.3 Å². The Balaban J connectivity index is 0.000000443. The summed E-state index contributed by atoms with van der Waals surface area (Å²) >= 11 is 0. The van der Waals surface area contributed by atoms with Gasteiger partial charge in [-0.3, -0.25) is 0 Å². The van der Waals surface area contributed by atoms with Gasteiger partial charge in [-0.2, -0.15) is 0 Å². The van der Waals surface area contributed by atoms with E-state index in [0.717, 1.165) is 11.1 Å². The van der Waals surface area contributed by atoms with Gasteiger partial charge >= 0.3 is 19.5 Å². The van der Waals surface area contributed by atoms with Gasteiger partial charge < -0.3 is 19.8 Å². The van der Waals surface area contributed by atoms with E-state index in [1.807, 2.05) is 60.7 Å². The molecule has 0 radical (unpaired) electrons. The average molecular weight is 388 g/mol. The van der Waals surface area contributed by atoms with Crippen LogP contribution in [0.4, 0.5) is 0 Å². The molecule has 0 amide bonds. The number of carbonyl (C=O) groups is 2. The summed E-state index contributed by atoms with van der Waals surface area (Å²) in [5.74, 6) is -2.11. The maximum Gasteiger partial charge on any atom is 2.00 e. The van der Waals surface area contributed by atoms with Crippen LogP contribution in [-0.2, 0) is 29.1 Å². The molecule has 124 valence electrons. The van der Waals surface area contributed by atoms with Crippen LogP contribution in [0.3, 0.4) is 0 Å². The van der Waals surface area contributed by atoms with E-state index in [0.29, 0.717) is 0 Å². The van der Waals surface area contributed by atoms with Crippen LogP contribution in [0.2, 0.25) is 0 Å². The Hall–Kier alpha value is -2.52. The molecule has 0 aliphatic heterocycles. The SMILES string of the molecule is O=C([O-])C/C=C/c1ccccc1.O=C([O-])CC=Cc1ccccc1.[Zn+2]. The molecular weight excluding hydrogens is 370 g/mol. The van der Waals surface area contributed by atoms with E-state index < -0.39 is 11.9 Å². The van der Waals surface area contributed by atoms with Crippen molar-refractivity contribution in [3.8, 4) is 0 Å². The molecular formula is C20H18O4Zn. The van der Waals surface area contributed by atoms with Crippen molar-refractivity contribution < 1.29 is 39.3 Å². The quantitative estimate of drug-likeness (QED) is 0.706. The second-order valence-electron chi connectivity index (χ2n) is 4.78. The zero-order chi connectivity index (χ0) is 17.6. The summed E-state index contributed by atoms with van der Waals surface area (Å²) in [6, 6.07) is 19.1. The molecule has 2 aromatic carbocycles. The largest absolute Gasteiger partial charge is 2.00 e. The van der Waals surface area contributed by atoms with Gasteiger partial charge in [0.25, 0.3) is 0 Å². The van der Waals surface area contributed by atoms with Crippen LogP contribution in [0.15, 0.2) is 72.8 Å². The van der Waals surface area contributed by atoms with Crippen molar-refractivity contribution in [2.24, 2.45) is 0 Å². The Kier molecular flexibility index (Phi) is 12.5. The fourth-order valence-electron chi connectivity index (χ4n) is 1.71. The average Bonchev–Trinajstić information content (AvgIpc) is 2.57. The number of carboxylic acid groups (broad SMARTS) is 2. The number of carbonyl (C=O) groups excluding carboxylic acids is 2. The van der Waals surface area contributed by atoms with Gasteiger partial charge in [0.05, 0.1) is 0 Å². The van der Waals surface area contributed by atoms with Crippen molar-refractivity contribution in [3.05, 3.63) is 83.9 Å². The minimum Gasteiger partial charge on any atom is -0.550 e. The second-order valence-corrected chi connectivity index (χ2v) is 4.78. The summed E-state index contributed by atoms with van der Waals surface area (Å²) in [6.07, 6.45) is 6.60. The number of hydrogen-bond acceptors (Lipinski definition) is 4. The Morgan fingerprint density at radius 1 is 0.680 bits per heavy atom. The molecule has 0 fully saturated rings. The molecule has 4 nitrogen and oxygen atoms in total. The maximum absolute atomic E-state index is 10.0. The van der Waals surface area contributed by atoms with Crippen molar-refractivity contribution >= 4 is 24.1 Å². The Bertz CT molecular complexity index is 618. The molecule has 0 aromatic heterocycles. The Morgan fingerprint density at radius 2 is 1.00 bits per heavy atom. The van der Waals surface area contributed by atoms with Crippen molar-refractivity contribution in [1.29, 1.82) is 0 Å². The van der Waals surface area contributed by atoms with E-state index in [9.17, 15) is 19.8 Å². The minimum atomic E-state index is -1.05. The van der Waals surface area contributed by atoms with E-state index in [1.165, 1.54) is 0 Å². The smallest absolute Gasteiger partial charge is 0.550 e. The van der Waals surface area contributed by atoms with Gasteiger partial charge in [0.15, 0.2) is 0 Å². The zero-order valence-electron chi connectivity index (χ0n) is 13.8. The molecule has 0 heterocycles. The fourth-order valence-corrected chi connectivity index (χ4v) is 1.71. The molecule has 0 aliphatic carbocycles. The predicted octanol–water partition coefficient (Wildman–Crippen LogP) is 1.68. The molecule has 2 rings (SSSR count). The standard InChI is InChI=1S/2C10H10O2.Zn/c2*11-10(12)8-4-7-9-5-2-1-3-6-9;/h2*1-7H,8H2,(H,11,12);/q;;+2/p-2/b7-4+;;. The predicted molar refractivity (Wildman–Crippen MR) is 90.2 cm³/mol.